The lowest BCUT2D eigenvalue weighted by molar-refractivity contribution is 0.530. The Labute approximate surface area is 83.7 Å². The van der Waals surface area contributed by atoms with Gasteiger partial charge in [0.15, 0.2) is 0 Å². The van der Waals surface area contributed by atoms with E-state index >= 15 is 0 Å². The highest BCUT2D eigenvalue weighted by molar-refractivity contribution is 6.30. The zero-order valence-corrected chi connectivity index (χ0v) is 8.90. The minimum atomic E-state index is -0.327. The van der Waals surface area contributed by atoms with Crippen LogP contribution in [0.3, 0.4) is 0 Å². The van der Waals surface area contributed by atoms with Crippen molar-refractivity contribution in [1.82, 2.24) is 0 Å². The van der Waals surface area contributed by atoms with Crippen LogP contribution >= 0.6 is 11.6 Å². The molecule has 1 unspecified atom stereocenters. The highest BCUT2D eigenvalue weighted by Gasteiger charge is 2.11. The fourth-order valence-electron chi connectivity index (χ4n) is 1.18. The number of hydrogen-bond donors (Lipinski definition) is 0. The van der Waals surface area contributed by atoms with Crippen LogP contribution in [-0.4, -0.2) is 0 Å². The van der Waals surface area contributed by atoms with Crippen LogP contribution in [0.1, 0.15) is 32.3 Å². The molecule has 1 aromatic carbocycles. The summed E-state index contributed by atoms with van der Waals surface area (Å²) in [7, 11) is 0. The quantitative estimate of drug-likeness (QED) is 0.670. The van der Waals surface area contributed by atoms with E-state index in [1.165, 1.54) is 6.07 Å². The molecule has 1 atom stereocenters. The lowest BCUT2D eigenvalue weighted by Gasteiger charge is -2.15. The van der Waals surface area contributed by atoms with Crippen molar-refractivity contribution in [3.05, 3.63) is 34.6 Å². The molecular formula is C11H14ClF. The molecule has 0 radical (unpaired) electrons. The molecule has 0 nitrogen and oxygen atoms in total. The van der Waals surface area contributed by atoms with Crippen molar-refractivity contribution in [3.63, 3.8) is 0 Å². The lowest BCUT2D eigenvalue weighted by Crippen LogP contribution is -2.02. The maximum absolute atomic E-state index is 13.1. The SMILES string of the molecule is CC(C)C(C)c1ccc(Cl)c(F)c1. The number of rotatable bonds is 2. The summed E-state index contributed by atoms with van der Waals surface area (Å²) in [4.78, 5) is 0. The van der Waals surface area contributed by atoms with E-state index < -0.39 is 0 Å². The molecule has 0 aliphatic rings. The van der Waals surface area contributed by atoms with E-state index in [2.05, 4.69) is 20.8 Å². The van der Waals surface area contributed by atoms with Gasteiger partial charge in [0.2, 0.25) is 0 Å². The summed E-state index contributed by atoms with van der Waals surface area (Å²) in [6.07, 6.45) is 0. The Morgan fingerprint density at radius 1 is 1.23 bits per heavy atom. The fourth-order valence-corrected chi connectivity index (χ4v) is 1.30. The first-order valence-corrected chi connectivity index (χ1v) is 4.85. The van der Waals surface area contributed by atoms with Crippen LogP contribution in [0, 0.1) is 11.7 Å². The highest BCUT2D eigenvalue weighted by Crippen LogP contribution is 2.26. The summed E-state index contributed by atoms with van der Waals surface area (Å²) in [6.45, 7) is 6.34. The van der Waals surface area contributed by atoms with Crippen molar-refractivity contribution in [2.75, 3.05) is 0 Å². The Balaban J connectivity index is 2.97. The van der Waals surface area contributed by atoms with Crippen LogP contribution < -0.4 is 0 Å². The molecule has 1 rings (SSSR count). The molecule has 2 heteroatoms. The van der Waals surface area contributed by atoms with Gasteiger partial charge in [0.05, 0.1) is 5.02 Å². The van der Waals surface area contributed by atoms with Gasteiger partial charge in [-0.1, -0.05) is 38.4 Å². The van der Waals surface area contributed by atoms with E-state index in [0.717, 1.165) is 5.56 Å². The van der Waals surface area contributed by atoms with Crippen LogP contribution in [0.4, 0.5) is 4.39 Å². The van der Waals surface area contributed by atoms with Crippen molar-refractivity contribution in [2.24, 2.45) is 5.92 Å². The van der Waals surface area contributed by atoms with Crippen molar-refractivity contribution in [3.8, 4) is 0 Å². The van der Waals surface area contributed by atoms with Crippen molar-refractivity contribution in [2.45, 2.75) is 26.7 Å². The summed E-state index contributed by atoms with van der Waals surface area (Å²) < 4.78 is 13.1. The highest BCUT2D eigenvalue weighted by atomic mass is 35.5. The predicted octanol–water partition coefficient (Wildman–Crippen LogP) is 4.24. The smallest absolute Gasteiger partial charge is 0.142 e. The molecule has 0 fully saturated rings. The zero-order valence-electron chi connectivity index (χ0n) is 8.14. The summed E-state index contributed by atoms with van der Waals surface area (Å²) in [6, 6.07) is 5.02. The normalized spacial score (nSPS) is 13.4. The topological polar surface area (TPSA) is 0 Å². The minimum absolute atomic E-state index is 0.194. The van der Waals surface area contributed by atoms with Crippen LogP contribution in [0.5, 0.6) is 0 Å². The van der Waals surface area contributed by atoms with E-state index in [1.807, 2.05) is 6.07 Å². The van der Waals surface area contributed by atoms with E-state index in [0.29, 0.717) is 11.8 Å². The Kier molecular flexibility index (Phi) is 3.32. The minimum Gasteiger partial charge on any atom is -0.205 e. The van der Waals surface area contributed by atoms with E-state index in [1.54, 1.807) is 6.07 Å². The average Bonchev–Trinajstić information content (AvgIpc) is 2.08. The second-order valence-corrected chi connectivity index (χ2v) is 4.11. The van der Waals surface area contributed by atoms with Crippen molar-refractivity contribution in [1.29, 1.82) is 0 Å². The summed E-state index contributed by atoms with van der Waals surface area (Å²) in [5.74, 6) is 0.555. The van der Waals surface area contributed by atoms with Crippen LogP contribution in [0.25, 0.3) is 0 Å². The summed E-state index contributed by atoms with van der Waals surface area (Å²) in [5.41, 5.74) is 1.01. The third-order valence-electron chi connectivity index (χ3n) is 2.47. The largest absolute Gasteiger partial charge is 0.205 e. The summed E-state index contributed by atoms with van der Waals surface area (Å²) in [5, 5.41) is 0.194. The Bertz CT molecular complexity index is 294. The van der Waals surface area contributed by atoms with E-state index in [-0.39, 0.29) is 10.8 Å². The Hall–Kier alpha value is -0.560. The van der Waals surface area contributed by atoms with Gasteiger partial charge in [-0.2, -0.15) is 0 Å². The van der Waals surface area contributed by atoms with Gasteiger partial charge in [-0.15, -0.1) is 0 Å². The molecule has 72 valence electrons. The second-order valence-electron chi connectivity index (χ2n) is 3.71. The summed E-state index contributed by atoms with van der Waals surface area (Å²) >= 11 is 5.59. The molecule has 0 aliphatic carbocycles. The lowest BCUT2D eigenvalue weighted by atomic mass is 9.90. The molecule has 0 saturated carbocycles. The monoisotopic (exact) mass is 200 g/mol. The third-order valence-corrected chi connectivity index (χ3v) is 2.78. The zero-order chi connectivity index (χ0) is 10.0. The number of hydrogen-bond acceptors (Lipinski definition) is 0. The van der Waals surface area contributed by atoms with E-state index in [9.17, 15) is 4.39 Å². The molecule has 0 bridgehead atoms. The molecule has 1 aromatic rings. The first-order chi connectivity index (χ1) is 6.02. The van der Waals surface area contributed by atoms with Gasteiger partial charge < -0.3 is 0 Å². The molecule has 0 aromatic heterocycles. The van der Waals surface area contributed by atoms with Gasteiger partial charge in [-0.25, -0.2) is 4.39 Å². The van der Waals surface area contributed by atoms with Crippen LogP contribution in [0.2, 0.25) is 5.02 Å². The van der Waals surface area contributed by atoms with Gasteiger partial charge in [-0.3, -0.25) is 0 Å². The average molecular weight is 201 g/mol. The van der Waals surface area contributed by atoms with Gasteiger partial charge in [0, 0.05) is 0 Å². The molecule has 0 heterocycles. The first kappa shape index (κ1) is 10.5. The standard InChI is InChI=1S/C11H14ClF/c1-7(2)8(3)9-4-5-10(12)11(13)6-9/h4-8H,1-3H3. The van der Waals surface area contributed by atoms with E-state index in [4.69, 9.17) is 11.6 Å². The third kappa shape index (κ3) is 2.44. The molecule has 13 heavy (non-hydrogen) atoms. The van der Waals surface area contributed by atoms with Crippen molar-refractivity contribution >= 4 is 11.6 Å². The van der Waals surface area contributed by atoms with Crippen LogP contribution in [0.15, 0.2) is 18.2 Å². The number of halogens is 2. The van der Waals surface area contributed by atoms with Gasteiger partial charge in [-0.05, 0) is 29.5 Å². The molecule has 0 amide bonds. The van der Waals surface area contributed by atoms with Crippen molar-refractivity contribution < 1.29 is 4.39 Å². The molecule has 0 N–H and O–H groups in total. The maximum Gasteiger partial charge on any atom is 0.142 e. The van der Waals surface area contributed by atoms with Gasteiger partial charge >= 0.3 is 0 Å². The predicted molar refractivity (Wildman–Crippen MR) is 54.7 cm³/mol. The Morgan fingerprint density at radius 3 is 2.31 bits per heavy atom. The van der Waals surface area contributed by atoms with Crippen LogP contribution in [-0.2, 0) is 0 Å². The molecular weight excluding hydrogens is 187 g/mol. The molecule has 0 saturated heterocycles. The maximum atomic E-state index is 13.1. The van der Waals surface area contributed by atoms with Gasteiger partial charge in [0.1, 0.15) is 5.82 Å². The molecule has 0 spiro atoms. The Morgan fingerprint density at radius 2 is 1.85 bits per heavy atom. The second kappa shape index (κ2) is 4.10. The molecule has 0 aliphatic heterocycles. The first-order valence-electron chi connectivity index (χ1n) is 4.47. The number of benzene rings is 1. The van der Waals surface area contributed by atoms with Gasteiger partial charge in [0.25, 0.3) is 0 Å². The fraction of sp³-hybridized carbons (Fsp3) is 0.455.